The molecule has 0 radical (unpaired) electrons. The average Bonchev–Trinajstić information content (AvgIpc) is 2.75. The number of carbonyl (C=O) groups is 1. The van der Waals surface area contributed by atoms with Gasteiger partial charge in [-0.05, 0) is 33.8 Å². The Bertz CT molecular complexity index is 387. The Morgan fingerprint density at radius 1 is 1.16 bits per heavy atom. The Morgan fingerprint density at radius 2 is 1.84 bits per heavy atom. The van der Waals surface area contributed by atoms with Gasteiger partial charge in [-0.1, -0.05) is 0 Å². The van der Waals surface area contributed by atoms with Crippen molar-refractivity contribution in [2.24, 2.45) is 0 Å². The first-order valence-corrected chi connectivity index (χ1v) is 6.27. The molecular weight excluding hydrogens is 252 g/mol. The van der Waals surface area contributed by atoms with Gasteiger partial charge in [0.2, 0.25) is 0 Å². The SMILES string of the molecule is CC1(C)OCC([C@@H]2OC(C)(C)O[C@H]2/C=C/C(=O)O)O1. The lowest BCUT2D eigenvalue weighted by Crippen LogP contribution is -2.37. The summed E-state index contributed by atoms with van der Waals surface area (Å²) in [5.41, 5.74) is 0. The quantitative estimate of drug-likeness (QED) is 0.781. The lowest BCUT2D eigenvalue weighted by molar-refractivity contribution is -0.174. The van der Waals surface area contributed by atoms with Crippen LogP contribution in [0.25, 0.3) is 0 Å². The first kappa shape index (κ1) is 14.5. The van der Waals surface area contributed by atoms with Crippen LogP contribution in [0.4, 0.5) is 0 Å². The summed E-state index contributed by atoms with van der Waals surface area (Å²) in [5, 5.41) is 8.70. The van der Waals surface area contributed by atoms with E-state index in [1.807, 2.05) is 13.8 Å². The molecule has 2 aliphatic heterocycles. The molecule has 1 N–H and O–H groups in total. The second-order valence-electron chi connectivity index (χ2n) is 5.63. The summed E-state index contributed by atoms with van der Waals surface area (Å²) in [6, 6.07) is 0. The summed E-state index contributed by atoms with van der Waals surface area (Å²) in [5.74, 6) is -2.44. The summed E-state index contributed by atoms with van der Waals surface area (Å²) in [7, 11) is 0. The van der Waals surface area contributed by atoms with Crippen LogP contribution >= 0.6 is 0 Å². The average molecular weight is 272 g/mol. The third-order valence-corrected chi connectivity index (χ3v) is 2.99. The fourth-order valence-electron chi connectivity index (χ4n) is 2.31. The third kappa shape index (κ3) is 3.54. The third-order valence-electron chi connectivity index (χ3n) is 2.99. The van der Waals surface area contributed by atoms with E-state index in [9.17, 15) is 4.79 Å². The van der Waals surface area contributed by atoms with Crippen LogP contribution in [-0.2, 0) is 23.7 Å². The Kier molecular flexibility index (Phi) is 3.70. The first-order valence-electron chi connectivity index (χ1n) is 6.27. The van der Waals surface area contributed by atoms with Crippen LogP contribution in [0.15, 0.2) is 12.2 Å². The smallest absolute Gasteiger partial charge is 0.328 e. The van der Waals surface area contributed by atoms with Gasteiger partial charge in [-0.25, -0.2) is 4.79 Å². The molecular formula is C13H20O6. The van der Waals surface area contributed by atoms with Crippen LogP contribution in [0, 0.1) is 0 Å². The molecule has 19 heavy (non-hydrogen) atoms. The van der Waals surface area contributed by atoms with E-state index in [-0.39, 0.29) is 12.2 Å². The van der Waals surface area contributed by atoms with E-state index < -0.39 is 23.6 Å². The molecule has 6 nitrogen and oxygen atoms in total. The minimum absolute atomic E-state index is 0.278. The van der Waals surface area contributed by atoms with Gasteiger partial charge in [0.15, 0.2) is 11.6 Å². The van der Waals surface area contributed by atoms with Crippen LogP contribution < -0.4 is 0 Å². The van der Waals surface area contributed by atoms with Crippen LogP contribution in [-0.4, -0.2) is 47.6 Å². The Hall–Kier alpha value is -0.950. The maximum atomic E-state index is 10.6. The van der Waals surface area contributed by atoms with Crippen molar-refractivity contribution in [3.63, 3.8) is 0 Å². The van der Waals surface area contributed by atoms with E-state index in [1.165, 1.54) is 6.08 Å². The lowest BCUT2D eigenvalue weighted by atomic mass is 10.1. The fraction of sp³-hybridized carbons (Fsp3) is 0.769. The largest absolute Gasteiger partial charge is 0.478 e. The molecule has 0 saturated carbocycles. The van der Waals surface area contributed by atoms with Crippen LogP contribution in [0.5, 0.6) is 0 Å². The zero-order valence-electron chi connectivity index (χ0n) is 11.6. The number of carboxylic acids is 1. The van der Waals surface area contributed by atoms with Gasteiger partial charge >= 0.3 is 5.97 Å². The van der Waals surface area contributed by atoms with Crippen LogP contribution in [0.3, 0.4) is 0 Å². The van der Waals surface area contributed by atoms with Crippen molar-refractivity contribution in [2.45, 2.75) is 57.6 Å². The van der Waals surface area contributed by atoms with Gasteiger partial charge in [0.05, 0.1) is 6.61 Å². The van der Waals surface area contributed by atoms with Crippen LogP contribution in [0.1, 0.15) is 27.7 Å². The van der Waals surface area contributed by atoms with Gasteiger partial charge in [0.1, 0.15) is 18.3 Å². The number of hydrogen-bond donors (Lipinski definition) is 1. The summed E-state index contributed by atoms with van der Waals surface area (Å²) in [6.07, 6.45) is 1.42. The van der Waals surface area contributed by atoms with Crippen LogP contribution in [0.2, 0.25) is 0 Å². The lowest BCUT2D eigenvalue weighted by Gasteiger charge is -2.22. The van der Waals surface area contributed by atoms with Gasteiger partial charge in [0.25, 0.3) is 0 Å². The Balaban J connectivity index is 2.10. The van der Waals surface area contributed by atoms with E-state index >= 15 is 0 Å². The first-order chi connectivity index (χ1) is 8.69. The normalized spacial score (nSPS) is 36.9. The number of carboxylic acid groups (broad SMARTS) is 1. The highest BCUT2D eigenvalue weighted by molar-refractivity contribution is 5.79. The molecule has 1 unspecified atom stereocenters. The van der Waals surface area contributed by atoms with Crippen molar-refractivity contribution in [1.82, 2.24) is 0 Å². The predicted molar refractivity (Wildman–Crippen MR) is 65.5 cm³/mol. The van der Waals surface area contributed by atoms with E-state index in [2.05, 4.69) is 0 Å². The second-order valence-corrected chi connectivity index (χ2v) is 5.63. The van der Waals surface area contributed by atoms with Crippen molar-refractivity contribution < 1.29 is 28.8 Å². The molecule has 2 rings (SSSR count). The van der Waals surface area contributed by atoms with Crippen molar-refractivity contribution in [3.8, 4) is 0 Å². The number of hydrogen-bond acceptors (Lipinski definition) is 5. The highest BCUT2D eigenvalue weighted by Gasteiger charge is 2.48. The minimum Gasteiger partial charge on any atom is -0.478 e. The molecule has 0 amide bonds. The molecule has 0 aromatic carbocycles. The van der Waals surface area contributed by atoms with Gasteiger partial charge < -0.3 is 24.1 Å². The van der Waals surface area contributed by atoms with Gasteiger partial charge in [-0.3, -0.25) is 0 Å². The van der Waals surface area contributed by atoms with Crippen molar-refractivity contribution in [2.75, 3.05) is 6.61 Å². The second kappa shape index (κ2) is 4.86. The van der Waals surface area contributed by atoms with Gasteiger partial charge in [-0.15, -0.1) is 0 Å². The maximum Gasteiger partial charge on any atom is 0.328 e. The van der Waals surface area contributed by atoms with E-state index in [4.69, 9.17) is 24.1 Å². The van der Waals surface area contributed by atoms with Gasteiger partial charge in [0, 0.05) is 6.08 Å². The van der Waals surface area contributed by atoms with E-state index in [1.54, 1.807) is 13.8 Å². The molecule has 0 aromatic rings. The van der Waals surface area contributed by atoms with E-state index in [0.29, 0.717) is 6.61 Å². The Labute approximate surface area is 112 Å². The zero-order chi connectivity index (χ0) is 14.3. The standard InChI is InChI=1S/C13H20O6/c1-12(2)16-7-9(18-12)11-8(5-6-10(14)15)17-13(3,4)19-11/h5-6,8-9,11H,7H2,1-4H3,(H,14,15)/b6-5+/t8-,9?,11+/m0/s1. The topological polar surface area (TPSA) is 74.2 Å². The van der Waals surface area contributed by atoms with E-state index in [0.717, 1.165) is 6.08 Å². The summed E-state index contributed by atoms with van der Waals surface area (Å²) < 4.78 is 22.7. The van der Waals surface area contributed by atoms with Crippen molar-refractivity contribution in [3.05, 3.63) is 12.2 Å². The summed E-state index contributed by atoms with van der Waals surface area (Å²) in [4.78, 5) is 10.6. The molecule has 2 saturated heterocycles. The number of rotatable bonds is 3. The molecule has 6 heteroatoms. The molecule has 0 bridgehead atoms. The molecule has 2 aliphatic rings. The van der Waals surface area contributed by atoms with Gasteiger partial charge in [-0.2, -0.15) is 0 Å². The Morgan fingerprint density at radius 3 is 2.37 bits per heavy atom. The van der Waals surface area contributed by atoms with Crippen molar-refractivity contribution in [1.29, 1.82) is 0 Å². The fourth-order valence-corrected chi connectivity index (χ4v) is 2.31. The van der Waals surface area contributed by atoms with Crippen molar-refractivity contribution >= 4 is 5.97 Å². The molecule has 3 atom stereocenters. The minimum atomic E-state index is -1.02. The molecule has 2 heterocycles. The summed E-state index contributed by atoms with van der Waals surface area (Å²) >= 11 is 0. The predicted octanol–water partition coefficient (Wildman–Crippen LogP) is 1.30. The molecule has 0 aliphatic carbocycles. The number of ether oxygens (including phenoxy) is 4. The zero-order valence-corrected chi connectivity index (χ0v) is 11.6. The summed E-state index contributed by atoms with van der Waals surface area (Å²) in [6.45, 7) is 7.63. The molecule has 0 spiro atoms. The molecule has 2 fully saturated rings. The maximum absolute atomic E-state index is 10.6. The number of aliphatic carboxylic acids is 1. The molecule has 0 aromatic heterocycles. The monoisotopic (exact) mass is 272 g/mol. The molecule has 108 valence electrons. The highest BCUT2D eigenvalue weighted by atomic mass is 16.8. The highest BCUT2D eigenvalue weighted by Crippen LogP contribution is 2.35.